The van der Waals surface area contributed by atoms with Gasteiger partial charge in [-0.3, -0.25) is 0 Å². The van der Waals surface area contributed by atoms with Crippen molar-refractivity contribution < 1.29 is 19.3 Å². The fraction of sp³-hybridized carbons (Fsp3) is 0.706. The molecule has 0 aliphatic heterocycles. The molecule has 1 fully saturated rings. The summed E-state index contributed by atoms with van der Waals surface area (Å²) in [4.78, 5) is 38.5. The van der Waals surface area contributed by atoms with Gasteiger partial charge in [-0.2, -0.15) is 4.98 Å². The molecule has 4 N–H and O–H groups in total. The smallest absolute Gasteiger partial charge is 0.407 e. The maximum absolute atomic E-state index is 11.7. The first-order valence-corrected chi connectivity index (χ1v) is 10.7. The Hall–Kier alpha value is -1.21. The van der Waals surface area contributed by atoms with E-state index in [1.165, 1.54) is 6.20 Å². The molecule has 1 aromatic rings. The molecule has 1 heterocycles. The molecular formula is C17H28ClN4O4P. The van der Waals surface area contributed by atoms with E-state index in [2.05, 4.69) is 20.6 Å². The van der Waals surface area contributed by atoms with Gasteiger partial charge < -0.3 is 25.2 Å². The second-order valence-corrected chi connectivity index (χ2v) is 9.21. The van der Waals surface area contributed by atoms with Crippen molar-refractivity contribution in [2.75, 3.05) is 18.4 Å². The van der Waals surface area contributed by atoms with E-state index in [1.54, 1.807) is 0 Å². The predicted octanol–water partition coefficient (Wildman–Crippen LogP) is 2.79. The van der Waals surface area contributed by atoms with Gasteiger partial charge in [0.1, 0.15) is 11.4 Å². The van der Waals surface area contributed by atoms with Gasteiger partial charge in [0.05, 0.1) is 5.30 Å². The second-order valence-electron chi connectivity index (χ2n) is 7.81. The van der Waals surface area contributed by atoms with Crippen molar-refractivity contribution in [2.45, 2.75) is 52.1 Å². The minimum Gasteiger partial charge on any atom is -0.444 e. The van der Waals surface area contributed by atoms with Crippen LogP contribution in [0.5, 0.6) is 0 Å². The third-order valence-electron chi connectivity index (χ3n) is 4.41. The number of rotatable bonds is 6. The summed E-state index contributed by atoms with van der Waals surface area (Å²) in [5.41, 5.74) is -0.486. The van der Waals surface area contributed by atoms with Gasteiger partial charge in [-0.1, -0.05) is 0 Å². The summed E-state index contributed by atoms with van der Waals surface area (Å²) in [5, 5.41) is 6.35. The summed E-state index contributed by atoms with van der Waals surface area (Å²) in [7, 11) is -2.28. The van der Waals surface area contributed by atoms with Gasteiger partial charge in [0.25, 0.3) is 0 Å². The van der Waals surface area contributed by atoms with Crippen molar-refractivity contribution >= 4 is 37.2 Å². The van der Waals surface area contributed by atoms with Gasteiger partial charge in [0.15, 0.2) is 0 Å². The first-order valence-electron chi connectivity index (χ1n) is 9.05. The van der Waals surface area contributed by atoms with Crippen molar-refractivity contribution in [3.8, 4) is 0 Å². The third kappa shape index (κ3) is 7.74. The van der Waals surface area contributed by atoms with E-state index in [0.29, 0.717) is 30.7 Å². The van der Waals surface area contributed by atoms with E-state index in [9.17, 15) is 14.6 Å². The quantitative estimate of drug-likeness (QED) is 0.414. The van der Waals surface area contributed by atoms with Crippen LogP contribution in [-0.4, -0.2) is 44.5 Å². The van der Waals surface area contributed by atoms with Gasteiger partial charge in [0.2, 0.25) is 13.7 Å². The van der Waals surface area contributed by atoms with Crippen LogP contribution < -0.4 is 15.9 Å². The Bertz CT molecular complexity index is 634. The summed E-state index contributed by atoms with van der Waals surface area (Å²) < 4.78 is 5.26. The lowest BCUT2D eigenvalue weighted by molar-refractivity contribution is 0.0513. The molecule has 2 rings (SSSR count). The van der Waals surface area contributed by atoms with Crippen LogP contribution in [-0.2, 0) is 4.74 Å². The van der Waals surface area contributed by atoms with Crippen LogP contribution >= 0.6 is 20.0 Å². The number of ether oxygens (including phenoxy) is 1. The number of aromatic nitrogens is 2. The summed E-state index contributed by atoms with van der Waals surface area (Å²) >= 11 is 5.80. The zero-order valence-electron chi connectivity index (χ0n) is 15.9. The Morgan fingerprint density at radius 1 is 1.26 bits per heavy atom. The average Bonchev–Trinajstić information content (AvgIpc) is 2.57. The maximum Gasteiger partial charge on any atom is 0.407 e. The second kappa shape index (κ2) is 9.82. The van der Waals surface area contributed by atoms with E-state index in [-0.39, 0.29) is 16.7 Å². The Kier molecular flexibility index (Phi) is 8.04. The fourth-order valence-corrected chi connectivity index (χ4v) is 3.67. The Labute approximate surface area is 166 Å². The third-order valence-corrected chi connectivity index (χ3v) is 5.35. The highest BCUT2D eigenvalue weighted by atomic mass is 35.5. The number of nitrogens with zero attached hydrogens (tertiary/aromatic N) is 2. The van der Waals surface area contributed by atoms with E-state index in [1.807, 2.05) is 20.8 Å². The van der Waals surface area contributed by atoms with E-state index >= 15 is 0 Å². The minimum absolute atomic E-state index is 0.0648. The largest absolute Gasteiger partial charge is 0.444 e. The molecule has 0 spiro atoms. The lowest BCUT2D eigenvalue weighted by atomic mass is 9.82. The van der Waals surface area contributed by atoms with Crippen molar-refractivity contribution in [1.82, 2.24) is 15.3 Å². The van der Waals surface area contributed by atoms with E-state index < -0.39 is 14.0 Å². The van der Waals surface area contributed by atoms with Crippen molar-refractivity contribution in [3.05, 3.63) is 11.5 Å². The molecule has 0 aromatic carbocycles. The average molecular weight is 419 g/mol. The van der Waals surface area contributed by atoms with Crippen LogP contribution in [0, 0.1) is 11.8 Å². The monoisotopic (exact) mass is 418 g/mol. The van der Waals surface area contributed by atoms with Crippen LogP contribution in [0.4, 0.5) is 10.6 Å². The first kappa shape index (κ1) is 22.1. The molecule has 0 unspecified atom stereocenters. The number of nitrogens with one attached hydrogen (secondary N) is 2. The number of amides is 1. The van der Waals surface area contributed by atoms with Crippen molar-refractivity contribution in [2.24, 2.45) is 11.8 Å². The molecule has 0 saturated heterocycles. The molecule has 10 heteroatoms. The van der Waals surface area contributed by atoms with Gasteiger partial charge in [-0.05, 0) is 69.9 Å². The molecule has 0 radical (unpaired) electrons. The normalized spacial score (nSPS) is 20.4. The standard InChI is InChI=1S/C17H28ClN4O4P/c1-17(2,3)26-16(23)21-9-12-6-4-11(5-7-12)8-19-14-13(27(24)25)10-20-15(18)22-14/h10-12,24-25H,4-9H2,1-3H3,(H,21,23)(H,19,20,22). The minimum atomic E-state index is -2.28. The molecule has 0 atom stereocenters. The van der Waals surface area contributed by atoms with Crippen LogP contribution in [0.1, 0.15) is 46.5 Å². The topological polar surface area (TPSA) is 117 Å². The molecule has 27 heavy (non-hydrogen) atoms. The zero-order chi connectivity index (χ0) is 20.0. The van der Waals surface area contributed by atoms with Crippen molar-refractivity contribution in [1.29, 1.82) is 0 Å². The molecule has 152 valence electrons. The lowest BCUT2D eigenvalue weighted by Gasteiger charge is -2.29. The summed E-state index contributed by atoms with van der Waals surface area (Å²) in [6.07, 6.45) is 5.05. The maximum atomic E-state index is 11.7. The molecule has 0 bridgehead atoms. The number of hydrogen-bond donors (Lipinski definition) is 4. The van der Waals surface area contributed by atoms with E-state index in [0.717, 1.165) is 25.7 Å². The zero-order valence-corrected chi connectivity index (χ0v) is 17.6. The Balaban J connectivity index is 1.74. The summed E-state index contributed by atoms with van der Waals surface area (Å²) in [5.74, 6) is 1.27. The fourth-order valence-electron chi connectivity index (χ4n) is 3.05. The molecule has 1 aliphatic rings. The number of halogens is 1. The van der Waals surface area contributed by atoms with Gasteiger partial charge in [-0.15, -0.1) is 0 Å². The Morgan fingerprint density at radius 2 is 1.85 bits per heavy atom. The first-order chi connectivity index (χ1) is 12.6. The molecule has 1 aromatic heterocycles. The number of alkyl carbamates (subject to hydrolysis) is 1. The highest BCUT2D eigenvalue weighted by molar-refractivity contribution is 7.54. The van der Waals surface area contributed by atoms with Gasteiger partial charge in [0, 0.05) is 19.3 Å². The lowest BCUT2D eigenvalue weighted by Crippen LogP contribution is -2.36. The molecule has 8 nitrogen and oxygen atoms in total. The summed E-state index contributed by atoms with van der Waals surface area (Å²) in [6.45, 7) is 6.84. The molecule has 1 amide bonds. The van der Waals surface area contributed by atoms with Crippen LogP contribution in [0.3, 0.4) is 0 Å². The van der Waals surface area contributed by atoms with E-state index in [4.69, 9.17) is 16.3 Å². The number of carbonyl (C=O) groups is 1. The summed E-state index contributed by atoms with van der Waals surface area (Å²) in [6, 6.07) is 0. The predicted molar refractivity (Wildman–Crippen MR) is 106 cm³/mol. The molecular weight excluding hydrogens is 391 g/mol. The SMILES string of the molecule is CC(C)(C)OC(=O)NCC1CCC(CNc2nc(Cl)ncc2P(O)O)CC1. The molecule has 1 saturated carbocycles. The van der Waals surface area contributed by atoms with Crippen LogP contribution in [0.25, 0.3) is 0 Å². The van der Waals surface area contributed by atoms with Gasteiger partial charge in [-0.25, -0.2) is 9.78 Å². The molecule has 1 aliphatic carbocycles. The highest BCUT2D eigenvalue weighted by Gasteiger charge is 2.23. The Morgan fingerprint density at radius 3 is 2.41 bits per heavy atom. The van der Waals surface area contributed by atoms with Gasteiger partial charge >= 0.3 is 6.09 Å². The van der Waals surface area contributed by atoms with Crippen LogP contribution in [0.15, 0.2) is 6.20 Å². The number of hydrogen-bond acceptors (Lipinski definition) is 7. The highest BCUT2D eigenvalue weighted by Crippen LogP contribution is 2.30. The number of carbonyl (C=O) groups excluding carboxylic acids is 1. The van der Waals surface area contributed by atoms with Crippen LogP contribution in [0.2, 0.25) is 5.28 Å². The van der Waals surface area contributed by atoms with Crippen molar-refractivity contribution in [3.63, 3.8) is 0 Å². The number of anilines is 1.